The molecule has 1 atom stereocenters. The molecule has 1 aliphatic rings. The van der Waals surface area contributed by atoms with Gasteiger partial charge < -0.3 is 15.2 Å². The first kappa shape index (κ1) is 11.0. The maximum absolute atomic E-state index is 9.48. The Kier molecular flexibility index (Phi) is 2.59. The summed E-state index contributed by atoms with van der Waals surface area (Å²) in [7, 11) is 1.67. The molecule has 18 heavy (non-hydrogen) atoms. The first-order chi connectivity index (χ1) is 8.76. The highest BCUT2D eigenvalue weighted by Crippen LogP contribution is 2.36. The summed E-state index contributed by atoms with van der Waals surface area (Å²) >= 11 is 0. The number of methoxy groups -OCH3 is 1. The molecule has 1 heterocycles. The highest BCUT2D eigenvalue weighted by molar-refractivity contribution is 5.60. The number of nitrogens with one attached hydrogen (secondary N) is 1. The van der Waals surface area contributed by atoms with Crippen LogP contribution in [0, 0.1) is 0 Å². The van der Waals surface area contributed by atoms with Crippen LogP contribution in [-0.2, 0) is 6.42 Å². The third kappa shape index (κ3) is 1.88. The van der Waals surface area contributed by atoms with Crippen LogP contribution in [0.3, 0.4) is 0 Å². The Balaban J connectivity index is 1.84. The molecular formula is C15H15NO2. The van der Waals surface area contributed by atoms with E-state index in [0.29, 0.717) is 5.75 Å². The van der Waals surface area contributed by atoms with Crippen LogP contribution in [0.1, 0.15) is 17.2 Å². The molecule has 1 aliphatic heterocycles. The van der Waals surface area contributed by atoms with Crippen LogP contribution < -0.4 is 10.1 Å². The van der Waals surface area contributed by atoms with E-state index in [0.717, 1.165) is 23.4 Å². The van der Waals surface area contributed by atoms with E-state index in [1.165, 1.54) is 5.56 Å². The van der Waals surface area contributed by atoms with E-state index in [-0.39, 0.29) is 6.04 Å². The highest BCUT2D eigenvalue weighted by Gasteiger charge is 2.22. The van der Waals surface area contributed by atoms with Crippen LogP contribution in [0.25, 0.3) is 0 Å². The summed E-state index contributed by atoms with van der Waals surface area (Å²) < 4.78 is 5.16. The molecule has 0 saturated heterocycles. The molecule has 0 amide bonds. The molecule has 92 valence electrons. The largest absolute Gasteiger partial charge is 0.508 e. The van der Waals surface area contributed by atoms with Crippen molar-refractivity contribution < 1.29 is 9.84 Å². The van der Waals surface area contributed by atoms with Crippen molar-refractivity contribution in [1.29, 1.82) is 0 Å². The monoisotopic (exact) mass is 241 g/mol. The zero-order chi connectivity index (χ0) is 12.5. The number of benzene rings is 2. The molecular weight excluding hydrogens is 226 g/mol. The summed E-state index contributed by atoms with van der Waals surface area (Å²) in [6.45, 7) is 0. The Morgan fingerprint density at radius 2 is 1.94 bits per heavy atom. The molecule has 2 aromatic carbocycles. The Morgan fingerprint density at radius 3 is 2.67 bits per heavy atom. The number of hydrogen-bond acceptors (Lipinski definition) is 3. The lowest BCUT2D eigenvalue weighted by molar-refractivity contribution is 0.414. The van der Waals surface area contributed by atoms with E-state index < -0.39 is 0 Å². The van der Waals surface area contributed by atoms with Gasteiger partial charge in [0, 0.05) is 5.69 Å². The number of ether oxygens (including phenoxy) is 1. The summed E-state index contributed by atoms with van der Waals surface area (Å²) in [6, 6.07) is 13.8. The molecule has 0 radical (unpaired) electrons. The van der Waals surface area contributed by atoms with Crippen LogP contribution in [0.4, 0.5) is 5.69 Å². The molecule has 3 nitrogen and oxygen atoms in total. The Hall–Kier alpha value is -2.16. The van der Waals surface area contributed by atoms with Gasteiger partial charge in [-0.3, -0.25) is 0 Å². The first-order valence-electron chi connectivity index (χ1n) is 5.98. The molecule has 0 fully saturated rings. The van der Waals surface area contributed by atoms with Gasteiger partial charge in [0.1, 0.15) is 11.5 Å². The Labute approximate surface area is 106 Å². The molecule has 0 spiro atoms. The number of phenols is 1. The lowest BCUT2D eigenvalue weighted by atomic mass is 10.0. The van der Waals surface area contributed by atoms with Gasteiger partial charge in [-0.25, -0.2) is 0 Å². The normalized spacial score (nSPS) is 17.1. The van der Waals surface area contributed by atoms with Crippen LogP contribution in [0.5, 0.6) is 11.5 Å². The van der Waals surface area contributed by atoms with Crippen molar-refractivity contribution in [2.24, 2.45) is 0 Å². The van der Waals surface area contributed by atoms with Gasteiger partial charge in [-0.2, -0.15) is 0 Å². The molecule has 3 rings (SSSR count). The Bertz CT molecular complexity index is 563. The second-order valence-corrected chi connectivity index (χ2v) is 4.52. The van der Waals surface area contributed by atoms with Crippen molar-refractivity contribution in [3.05, 3.63) is 53.6 Å². The second kappa shape index (κ2) is 4.26. The number of rotatable bonds is 2. The van der Waals surface area contributed by atoms with Gasteiger partial charge in [0.05, 0.1) is 13.2 Å². The Morgan fingerprint density at radius 1 is 1.17 bits per heavy atom. The van der Waals surface area contributed by atoms with E-state index in [4.69, 9.17) is 4.74 Å². The maximum atomic E-state index is 9.48. The fraction of sp³-hybridized carbons (Fsp3) is 0.200. The number of aromatic hydroxyl groups is 1. The third-order valence-corrected chi connectivity index (χ3v) is 3.36. The average molecular weight is 241 g/mol. The minimum Gasteiger partial charge on any atom is -0.508 e. The van der Waals surface area contributed by atoms with Gasteiger partial charge in [-0.05, 0) is 47.9 Å². The van der Waals surface area contributed by atoms with Crippen LogP contribution in [0.15, 0.2) is 42.5 Å². The molecule has 0 bridgehead atoms. The smallest absolute Gasteiger partial charge is 0.118 e. The number of anilines is 1. The summed E-state index contributed by atoms with van der Waals surface area (Å²) in [4.78, 5) is 0. The molecule has 1 unspecified atom stereocenters. The van der Waals surface area contributed by atoms with Crippen molar-refractivity contribution >= 4 is 5.69 Å². The van der Waals surface area contributed by atoms with E-state index in [1.54, 1.807) is 13.2 Å². The summed E-state index contributed by atoms with van der Waals surface area (Å²) in [5, 5.41) is 12.9. The van der Waals surface area contributed by atoms with Crippen molar-refractivity contribution in [3.8, 4) is 11.5 Å². The fourth-order valence-corrected chi connectivity index (χ4v) is 2.39. The first-order valence-corrected chi connectivity index (χ1v) is 5.98. The van der Waals surface area contributed by atoms with Crippen LogP contribution >= 0.6 is 0 Å². The zero-order valence-corrected chi connectivity index (χ0v) is 10.2. The van der Waals surface area contributed by atoms with E-state index >= 15 is 0 Å². The van der Waals surface area contributed by atoms with Crippen molar-refractivity contribution in [3.63, 3.8) is 0 Å². The van der Waals surface area contributed by atoms with Gasteiger partial charge in [0.2, 0.25) is 0 Å². The van der Waals surface area contributed by atoms with E-state index in [1.807, 2.05) is 24.3 Å². The van der Waals surface area contributed by atoms with Gasteiger partial charge in [0.25, 0.3) is 0 Å². The fourth-order valence-electron chi connectivity index (χ4n) is 2.39. The number of hydrogen-bond donors (Lipinski definition) is 2. The van der Waals surface area contributed by atoms with Gasteiger partial charge in [-0.15, -0.1) is 0 Å². The number of fused-ring (bicyclic) bond motifs is 1. The van der Waals surface area contributed by atoms with Crippen molar-refractivity contribution in [2.75, 3.05) is 12.4 Å². The molecule has 2 N–H and O–H groups in total. The van der Waals surface area contributed by atoms with Crippen molar-refractivity contribution in [2.45, 2.75) is 12.5 Å². The minimum absolute atomic E-state index is 0.271. The third-order valence-electron chi connectivity index (χ3n) is 3.36. The van der Waals surface area contributed by atoms with Crippen LogP contribution in [0.2, 0.25) is 0 Å². The van der Waals surface area contributed by atoms with Gasteiger partial charge >= 0.3 is 0 Å². The predicted molar refractivity (Wildman–Crippen MR) is 71.2 cm³/mol. The van der Waals surface area contributed by atoms with Crippen molar-refractivity contribution in [1.82, 2.24) is 0 Å². The topological polar surface area (TPSA) is 41.5 Å². The summed E-state index contributed by atoms with van der Waals surface area (Å²) in [5.74, 6) is 1.19. The second-order valence-electron chi connectivity index (χ2n) is 4.52. The number of phenolic OH excluding ortho intramolecular Hbond substituents is 1. The molecule has 0 aromatic heterocycles. The summed E-state index contributed by atoms with van der Waals surface area (Å²) in [6.07, 6.45) is 0.899. The average Bonchev–Trinajstić information content (AvgIpc) is 2.81. The molecule has 2 aromatic rings. The lowest BCUT2D eigenvalue weighted by Gasteiger charge is -2.12. The minimum atomic E-state index is 0.271. The lowest BCUT2D eigenvalue weighted by Crippen LogP contribution is -2.05. The molecule has 0 aliphatic carbocycles. The molecule has 0 saturated carbocycles. The molecule has 3 heteroatoms. The van der Waals surface area contributed by atoms with E-state index in [2.05, 4.69) is 17.4 Å². The SMILES string of the molecule is COc1ccc(C2Cc3cc(O)ccc3N2)cc1. The van der Waals surface area contributed by atoms with Gasteiger partial charge in [0.15, 0.2) is 0 Å². The van der Waals surface area contributed by atoms with Gasteiger partial charge in [-0.1, -0.05) is 12.1 Å². The van der Waals surface area contributed by atoms with E-state index in [9.17, 15) is 5.11 Å². The quantitative estimate of drug-likeness (QED) is 0.794. The predicted octanol–water partition coefficient (Wildman–Crippen LogP) is 3.11. The highest BCUT2D eigenvalue weighted by atomic mass is 16.5. The maximum Gasteiger partial charge on any atom is 0.118 e. The standard InChI is InChI=1S/C15H15NO2/c1-18-13-5-2-10(3-6-13)15-9-11-8-12(17)4-7-14(11)16-15/h2-8,15-17H,9H2,1H3. The van der Waals surface area contributed by atoms with Crippen LogP contribution in [-0.4, -0.2) is 12.2 Å². The summed E-state index contributed by atoms with van der Waals surface area (Å²) in [5.41, 5.74) is 3.50. The zero-order valence-electron chi connectivity index (χ0n) is 10.2.